The number of ether oxygens (including phenoxy) is 3. The number of aryl methyl sites for hydroxylation is 1. The maximum atomic E-state index is 11.1. The Balaban J connectivity index is 1.91. The maximum absolute atomic E-state index is 11.1. The molecule has 1 aliphatic rings. The second kappa shape index (κ2) is 6.26. The smallest absolute Gasteiger partial charge is 0.270 e. The lowest BCUT2D eigenvalue weighted by Gasteiger charge is -2.21. The maximum Gasteiger partial charge on any atom is 0.270 e. The molecule has 0 N–H and O–H groups in total. The summed E-state index contributed by atoms with van der Waals surface area (Å²) < 4.78 is 16.6. The molecule has 2 aromatic carbocycles. The van der Waals surface area contributed by atoms with Crippen molar-refractivity contribution in [1.29, 1.82) is 0 Å². The van der Waals surface area contributed by atoms with Crippen LogP contribution in [0.2, 0.25) is 0 Å². The molecule has 0 atom stereocenters. The number of non-ortho nitro benzene ring substituents is 1. The highest BCUT2D eigenvalue weighted by atomic mass is 16.7. The number of nitrogens with zero attached hydrogens (tertiary/aromatic N) is 1. The van der Waals surface area contributed by atoms with Crippen molar-refractivity contribution in [3.63, 3.8) is 0 Å². The molecule has 3 rings (SSSR count). The van der Waals surface area contributed by atoms with Crippen LogP contribution < -0.4 is 9.47 Å². The Morgan fingerprint density at radius 3 is 2.91 bits per heavy atom. The van der Waals surface area contributed by atoms with E-state index in [9.17, 15) is 10.1 Å². The van der Waals surface area contributed by atoms with Gasteiger partial charge in [-0.15, -0.1) is 0 Å². The van der Waals surface area contributed by atoms with Crippen molar-refractivity contribution in [2.24, 2.45) is 0 Å². The first-order chi connectivity index (χ1) is 11.1. The predicted octanol–water partition coefficient (Wildman–Crippen LogP) is 3.66. The van der Waals surface area contributed by atoms with Crippen LogP contribution in [-0.4, -0.2) is 11.7 Å². The van der Waals surface area contributed by atoms with Gasteiger partial charge in [0, 0.05) is 23.3 Å². The van der Waals surface area contributed by atoms with Crippen molar-refractivity contribution in [3.05, 3.63) is 62.7 Å². The Bertz CT molecular complexity index is 757. The Morgan fingerprint density at radius 2 is 2.13 bits per heavy atom. The lowest BCUT2D eigenvalue weighted by Crippen LogP contribution is -2.14. The van der Waals surface area contributed by atoms with Crippen molar-refractivity contribution in [2.45, 2.75) is 27.1 Å². The van der Waals surface area contributed by atoms with Gasteiger partial charge in [0.05, 0.1) is 11.5 Å². The highest BCUT2D eigenvalue weighted by molar-refractivity contribution is 5.50. The summed E-state index contributed by atoms with van der Waals surface area (Å²) in [5.74, 6) is 1.38. The first kappa shape index (κ1) is 15.3. The summed E-state index contributed by atoms with van der Waals surface area (Å²) in [6.45, 7) is 4.64. The van der Waals surface area contributed by atoms with Crippen LogP contribution in [0.3, 0.4) is 0 Å². The number of benzene rings is 2. The van der Waals surface area contributed by atoms with Crippen LogP contribution in [0, 0.1) is 24.0 Å². The molecule has 0 saturated carbocycles. The number of fused-ring (bicyclic) bond motifs is 1. The molecule has 2 aromatic rings. The van der Waals surface area contributed by atoms with Gasteiger partial charge in [-0.3, -0.25) is 10.1 Å². The van der Waals surface area contributed by atoms with Crippen LogP contribution in [-0.2, 0) is 18.0 Å². The summed E-state index contributed by atoms with van der Waals surface area (Å²) in [6.07, 6.45) is 0. The molecule has 0 aliphatic carbocycles. The van der Waals surface area contributed by atoms with Crippen LogP contribution in [0.15, 0.2) is 30.3 Å². The van der Waals surface area contributed by atoms with Crippen LogP contribution in [0.1, 0.15) is 22.3 Å². The highest BCUT2D eigenvalue weighted by Gasteiger charge is 2.21. The molecule has 23 heavy (non-hydrogen) atoms. The van der Waals surface area contributed by atoms with E-state index < -0.39 is 4.92 Å². The highest BCUT2D eigenvalue weighted by Crippen LogP contribution is 2.33. The van der Waals surface area contributed by atoms with E-state index >= 15 is 0 Å². The topological polar surface area (TPSA) is 70.8 Å². The Morgan fingerprint density at radius 1 is 1.30 bits per heavy atom. The van der Waals surface area contributed by atoms with Gasteiger partial charge < -0.3 is 14.2 Å². The van der Waals surface area contributed by atoms with Crippen molar-refractivity contribution >= 4 is 5.69 Å². The minimum atomic E-state index is -0.420. The summed E-state index contributed by atoms with van der Waals surface area (Å²) in [6, 6.07) is 8.80. The quantitative estimate of drug-likeness (QED) is 0.636. The molecule has 0 unspecified atom stereocenters. The Kier molecular flexibility index (Phi) is 4.16. The summed E-state index contributed by atoms with van der Waals surface area (Å²) in [4.78, 5) is 10.7. The van der Waals surface area contributed by atoms with E-state index in [4.69, 9.17) is 14.2 Å². The molecule has 0 amide bonds. The second-order valence-corrected chi connectivity index (χ2v) is 5.45. The molecule has 0 bridgehead atoms. The van der Waals surface area contributed by atoms with Crippen LogP contribution in [0.25, 0.3) is 0 Å². The van der Waals surface area contributed by atoms with Gasteiger partial charge in [-0.2, -0.15) is 0 Å². The molecular weight excluding hydrogens is 298 g/mol. The first-order valence-electron chi connectivity index (χ1n) is 7.26. The minimum absolute atomic E-state index is 0.0115. The van der Waals surface area contributed by atoms with Crippen LogP contribution in [0.5, 0.6) is 11.5 Å². The zero-order valence-corrected chi connectivity index (χ0v) is 13.0. The van der Waals surface area contributed by atoms with Crippen molar-refractivity contribution in [3.8, 4) is 11.5 Å². The molecule has 0 aromatic heterocycles. The van der Waals surface area contributed by atoms with Gasteiger partial charge in [0.2, 0.25) is 0 Å². The third-order valence-electron chi connectivity index (χ3n) is 3.92. The average Bonchev–Trinajstić information content (AvgIpc) is 2.55. The number of nitro benzene ring substituents is 1. The van der Waals surface area contributed by atoms with Gasteiger partial charge in [-0.25, -0.2) is 0 Å². The molecule has 0 saturated heterocycles. The lowest BCUT2D eigenvalue weighted by atomic mass is 10.1. The largest absolute Gasteiger partial charge is 0.488 e. The fourth-order valence-corrected chi connectivity index (χ4v) is 2.53. The molecular formula is C17H17NO5. The molecule has 1 heterocycles. The van der Waals surface area contributed by atoms with Gasteiger partial charge in [0.25, 0.3) is 5.69 Å². The van der Waals surface area contributed by atoms with E-state index in [-0.39, 0.29) is 19.1 Å². The molecule has 6 nitrogen and oxygen atoms in total. The van der Waals surface area contributed by atoms with E-state index in [1.54, 1.807) is 0 Å². The van der Waals surface area contributed by atoms with Gasteiger partial charge in [-0.05, 0) is 31.0 Å². The van der Waals surface area contributed by atoms with Crippen LogP contribution in [0.4, 0.5) is 5.69 Å². The molecule has 6 heteroatoms. The standard InChI is InChI=1S/C17H17NO5/c1-11-4-3-5-16(12(11)2)22-9-14-7-15(18(19)20)6-13-8-21-10-23-17(13)14/h3-7H,8-10H2,1-2H3. The van der Waals surface area contributed by atoms with Crippen LogP contribution >= 0.6 is 0 Å². The molecule has 0 spiro atoms. The van der Waals surface area contributed by atoms with Gasteiger partial charge in [0.1, 0.15) is 18.1 Å². The predicted molar refractivity (Wildman–Crippen MR) is 83.6 cm³/mol. The number of rotatable bonds is 4. The molecule has 120 valence electrons. The van der Waals surface area contributed by atoms with E-state index in [0.29, 0.717) is 23.5 Å². The third kappa shape index (κ3) is 3.12. The van der Waals surface area contributed by atoms with E-state index in [1.807, 2.05) is 32.0 Å². The summed E-state index contributed by atoms with van der Waals surface area (Å²) >= 11 is 0. The van der Waals surface area contributed by atoms with Gasteiger partial charge in [-0.1, -0.05) is 12.1 Å². The summed E-state index contributed by atoms with van der Waals surface area (Å²) in [7, 11) is 0. The molecule has 0 fully saturated rings. The number of hydrogen-bond acceptors (Lipinski definition) is 5. The number of nitro groups is 1. The fourth-order valence-electron chi connectivity index (χ4n) is 2.53. The third-order valence-corrected chi connectivity index (χ3v) is 3.92. The summed E-state index contributed by atoms with van der Waals surface area (Å²) in [5.41, 5.74) is 3.52. The fraction of sp³-hybridized carbons (Fsp3) is 0.294. The second-order valence-electron chi connectivity index (χ2n) is 5.45. The summed E-state index contributed by atoms with van der Waals surface area (Å²) in [5, 5.41) is 11.1. The van der Waals surface area contributed by atoms with Crippen molar-refractivity contribution in [2.75, 3.05) is 6.79 Å². The van der Waals surface area contributed by atoms with Gasteiger partial charge >= 0.3 is 0 Å². The molecule has 1 aliphatic heterocycles. The normalized spacial score (nSPS) is 13.1. The SMILES string of the molecule is Cc1cccc(OCc2cc([N+](=O)[O-])cc3c2OCOC3)c1C. The monoisotopic (exact) mass is 315 g/mol. The lowest BCUT2D eigenvalue weighted by molar-refractivity contribution is -0.385. The van der Waals surface area contributed by atoms with Crippen molar-refractivity contribution < 1.29 is 19.1 Å². The Hall–Kier alpha value is -2.60. The number of hydrogen-bond donors (Lipinski definition) is 0. The van der Waals surface area contributed by atoms with E-state index in [2.05, 4.69) is 0 Å². The van der Waals surface area contributed by atoms with E-state index in [1.165, 1.54) is 12.1 Å². The average molecular weight is 315 g/mol. The van der Waals surface area contributed by atoms with E-state index in [0.717, 1.165) is 16.9 Å². The Labute approximate surface area is 133 Å². The van der Waals surface area contributed by atoms with Crippen molar-refractivity contribution in [1.82, 2.24) is 0 Å². The zero-order chi connectivity index (χ0) is 16.4. The van der Waals surface area contributed by atoms with Gasteiger partial charge in [0.15, 0.2) is 6.79 Å². The zero-order valence-electron chi connectivity index (χ0n) is 13.0. The first-order valence-corrected chi connectivity index (χ1v) is 7.26. The minimum Gasteiger partial charge on any atom is -0.488 e. The molecule has 0 radical (unpaired) electrons.